The van der Waals surface area contributed by atoms with Gasteiger partial charge in [-0.1, -0.05) is 84.9 Å². The van der Waals surface area contributed by atoms with Gasteiger partial charge in [-0.15, -0.1) is 0 Å². The molecule has 4 rings (SSSR count). The summed E-state index contributed by atoms with van der Waals surface area (Å²) >= 11 is 0. The molecule has 150 valence electrons. The van der Waals surface area contributed by atoms with Crippen molar-refractivity contribution < 1.29 is 9.47 Å². The molecule has 0 aliphatic heterocycles. The van der Waals surface area contributed by atoms with Gasteiger partial charge in [-0.25, -0.2) is 0 Å². The predicted molar refractivity (Wildman–Crippen MR) is 123 cm³/mol. The van der Waals surface area contributed by atoms with E-state index in [2.05, 4.69) is 84.9 Å². The maximum atomic E-state index is 5.75. The molecule has 0 amide bonds. The molecule has 0 aliphatic rings. The highest BCUT2D eigenvalue weighted by Gasteiger charge is 2.13. The van der Waals surface area contributed by atoms with Crippen LogP contribution in [0.5, 0.6) is 11.5 Å². The molecule has 0 aliphatic carbocycles. The van der Waals surface area contributed by atoms with Gasteiger partial charge in [0.05, 0.1) is 14.2 Å². The summed E-state index contributed by atoms with van der Waals surface area (Å²) in [4.78, 5) is 0. The van der Waals surface area contributed by atoms with Crippen LogP contribution in [0.1, 0.15) is 22.3 Å². The van der Waals surface area contributed by atoms with Gasteiger partial charge in [-0.2, -0.15) is 0 Å². The minimum absolute atomic E-state index is 0.859. The highest BCUT2D eigenvalue weighted by molar-refractivity contribution is 5.76. The molecular weight excluding hydrogens is 368 g/mol. The Labute approximate surface area is 178 Å². The molecule has 30 heavy (non-hydrogen) atoms. The first-order valence-corrected chi connectivity index (χ1v) is 10.2. The second kappa shape index (κ2) is 9.32. The fraction of sp³-hybridized carbons (Fsp3) is 0.143. The fourth-order valence-electron chi connectivity index (χ4n) is 3.80. The average Bonchev–Trinajstić information content (AvgIpc) is 2.80. The number of hydrogen-bond acceptors (Lipinski definition) is 2. The molecule has 0 heterocycles. The van der Waals surface area contributed by atoms with E-state index in [0.717, 1.165) is 35.5 Å². The molecule has 4 aromatic carbocycles. The monoisotopic (exact) mass is 394 g/mol. The van der Waals surface area contributed by atoms with Crippen molar-refractivity contribution in [1.82, 2.24) is 0 Å². The Balaban J connectivity index is 1.63. The normalized spacial score (nSPS) is 10.6. The van der Waals surface area contributed by atoms with Gasteiger partial charge >= 0.3 is 0 Å². The Hall–Kier alpha value is -3.52. The zero-order valence-electron chi connectivity index (χ0n) is 17.5. The predicted octanol–water partition coefficient (Wildman–Crippen LogP) is 6.55. The Bertz CT molecular complexity index is 1010. The van der Waals surface area contributed by atoms with Crippen LogP contribution in [0.4, 0.5) is 0 Å². The molecule has 0 fully saturated rings. The summed E-state index contributed by atoms with van der Waals surface area (Å²) in [5, 5.41) is 0. The third-order valence-corrected chi connectivity index (χ3v) is 5.32. The molecule has 0 bridgehead atoms. The smallest absolute Gasteiger partial charge is 0.127 e. The second-order valence-electron chi connectivity index (χ2n) is 7.39. The number of methoxy groups -OCH3 is 2. The van der Waals surface area contributed by atoms with Gasteiger partial charge in [-0.05, 0) is 47.2 Å². The Morgan fingerprint density at radius 2 is 0.867 bits per heavy atom. The molecule has 0 atom stereocenters. The van der Waals surface area contributed by atoms with Crippen molar-refractivity contribution in [2.45, 2.75) is 12.8 Å². The maximum absolute atomic E-state index is 5.75. The lowest BCUT2D eigenvalue weighted by Crippen LogP contribution is -1.96. The van der Waals surface area contributed by atoms with E-state index in [1.54, 1.807) is 14.2 Å². The molecule has 4 aromatic rings. The molecule has 2 heteroatoms. The molecule has 0 unspecified atom stereocenters. The fourth-order valence-corrected chi connectivity index (χ4v) is 3.80. The summed E-state index contributed by atoms with van der Waals surface area (Å²) in [7, 11) is 3.45. The van der Waals surface area contributed by atoms with Crippen molar-refractivity contribution in [2.75, 3.05) is 14.2 Å². The summed E-state index contributed by atoms with van der Waals surface area (Å²) in [6.07, 6.45) is 1.76. The van der Waals surface area contributed by atoms with E-state index in [1.807, 2.05) is 12.1 Å². The van der Waals surface area contributed by atoms with Crippen molar-refractivity contribution in [3.05, 3.63) is 119 Å². The quantitative estimate of drug-likeness (QED) is 0.354. The molecule has 0 saturated heterocycles. The third-order valence-electron chi connectivity index (χ3n) is 5.32. The first-order valence-electron chi connectivity index (χ1n) is 10.2. The number of rotatable bonds is 7. The van der Waals surface area contributed by atoms with E-state index in [0.29, 0.717) is 0 Å². The largest absolute Gasteiger partial charge is 0.496 e. The van der Waals surface area contributed by atoms with Gasteiger partial charge in [0.25, 0.3) is 0 Å². The van der Waals surface area contributed by atoms with E-state index in [-0.39, 0.29) is 0 Å². The van der Waals surface area contributed by atoms with Gasteiger partial charge < -0.3 is 9.47 Å². The van der Waals surface area contributed by atoms with Gasteiger partial charge in [0.2, 0.25) is 0 Å². The van der Waals surface area contributed by atoms with Crippen molar-refractivity contribution in [3.8, 4) is 22.6 Å². The van der Waals surface area contributed by atoms with Crippen LogP contribution < -0.4 is 9.47 Å². The third kappa shape index (κ3) is 4.55. The number of ether oxygens (including phenoxy) is 2. The number of benzene rings is 4. The second-order valence-corrected chi connectivity index (χ2v) is 7.39. The topological polar surface area (TPSA) is 18.5 Å². The summed E-state index contributed by atoms with van der Waals surface area (Å²) < 4.78 is 11.5. The van der Waals surface area contributed by atoms with Crippen molar-refractivity contribution in [2.24, 2.45) is 0 Å². The van der Waals surface area contributed by atoms with Crippen LogP contribution in [0.15, 0.2) is 97.1 Å². The van der Waals surface area contributed by atoms with Gasteiger partial charge in [0, 0.05) is 11.1 Å². The van der Waals surface area contributed by atoms with Crippen molar-refractivity contribution in [1.29, 1.82) is 0 Å². The molecule has 0 spiro atoms. The Morgan fingerprint density at radius 1 is 0.467 bits per heavy atom. The van der Waals surface area contributed by atoms with Crippen molar-refractivity contribution in [3.63, 3.8) is 0 Å². The van der Waals surface area contributed by atoms with Crippen LogP contribution in [0.2, 0.25) is 0 Å². The Kier molecular flexibility index (Phi) is 6.14. The molecular formula is C28H26O2. The van der Waals surface area contributed by atoms with E-state index < -0.39 is 0 Å². The van der Waals surface area contributed by atoms with E-state index in [1.165, 1.54) is 22.3 Å². The highest BCUT2D eigenvalue weighted by atomic mass is 16.5. The lowest BCUT2D eigenvalue weighted by molar-refractivity contribution is 0.410. The van der Waals surface area contributed by atoms with Crippen LogP contribution in [0, 0.1) is 0 Å². The molecule has 0 aromatic heterocycles. The molecule has 0 radical (unpaired) electrons. The SMILES string of the molecule is COc1cc(Cc2ccccc2)ccc1-c1ccc(Cc2ccccc2)cc1OC. The zero-order valence-corrected chi connectivity index (χ0v) is 17.5. The lowest BCUT2D eigenvalue weighted by atomic mass is 9.96. The average molecular weight is 395 g/mol. The minimum Gasteiger partial charge on any atom is -0.496 e. The van der Waals surface area contributed by atoms with E-state index in [4.69, 9.17) is 9.47 Å². The zero-order chi connectivity index (χ0) is 20.8. The molecule has 0 N–H and O–H groups in total. The van der Waals surface area contributed by atoms with Crippen LogP contribution in [0.25, 0.3) is 11.1 Å². The molecule has 2 nitrogen and oxygen atoms in total. The Morgan fingerprint density at radius 3 is 1.23 bits per heavy atom. The number of hydrogen-bond donors (Lipinski definition) is 0. The van der Waals surface area contributed by atoms with Gasteiger partial charge in [-0.3, -0.25) is 0 Å². The first kappa shape index (κ1) is 19.8. The van der Waals surface area contributed by atoms with Crippen molar-refractivity contribution >= 4 is 0 Å². The van der Waals surface area contributed by atoms with Crippen LogP contribution >= 0.6 is 0 Å². The van der Waals surface area contributed by atoms with Gasteiger partial charge in [0.15, 0.2) is 0 Å². The first-order chi connectivity index (χ1) is 14.8. The van der Waals surface area contributed by atoms with Crippen LogP contribution in [-0.2, 0) is 12.8 Å². The summed E-state index contributed by atoms with van der Waals surface area (Å²) in [6.45, 7) is 0. The minimum atomic E-state index is 0.859. The summed E-state index contributed by atoms with van der Waals surface area (Å²) in [6, 6.07) is 33.8. The van der Waals surface area contributed by atoms with Crippen LogP contribution in [-0.4, -0.2) is 14.2 Å². The summed E-state index contributed by atoms with van der Waals surface area (Å²) in [5.74, 6) is 1.72. The standard InChI is InChI=1S/C28H26O2/c1-29-27-19-23(17-21-9-5-3-6-10-21)13-15-25(27)26-16-14-24(20-28(26)30-2)18-22-11-7-4-8-12-22/h3-16,19-20H,17-18H2,1-2H3. The molecule has 0 saturated carbocycles. The lowest BCUT2D eigenvalue weighted by Gasteiger charge is -2.15. The summed E-state index contributed by atoms with van der Waals surface area (Å²) in [5.41, 5.74) is 7.10. The van der Waals surface area contributed by atoms with Gasteiger partial charge in [0.1, 0.15) is 11.5 Å². The van der Waals surface area contributed by atoms with Crippen LogP contribution in [0.3, 0.4) is 0 Å². The maximum Gasteiger partial charge on any atom is 0.127 e. The van der Waals surface area contributed by atoms with E-state index >= 15 is 0 Å². The highest BCUT2D eigenvalue weighted by Crippen LogP contribution is 2.38. The van der Waals surface area contributed by atoms with E-state index in [9.17, 15) is 0 Å².